The lowest BCUT2D eigenvalue weighted by atomic mass is 9.83. The number of hydrogen-bond acceptors (Lipinski definition) is 6. The van der Waals surface area contributed by atoms with E-state index in [0.717, 1.165) is 62.3 Å². The van der Waals surface area contributed by atoms with Crippen LogP contribution in [0.2, 0.25) is 0 Å². The highest BCUT2D eigenvalue weighted by atomic mass is 32.2. The summed E-state index contributed by atoms with van der Waals surface area (Å²) in [5.41, 5.74) is -0.696. The van der Waals surface area contributed by atoms with E-state index < -0.39 is 5.54 Å². The second-order valence-corrected chi connectivity index (χ2v) is 10.1. The molecule has 0 spiro atoms. The Kier molecular flexibility index (Phi) is 5.74. The number of thioether (sulfide) groups is 1. The summed E-state index contributed by atoms with van der Waals surface area (Å²) in [6.45, 7) is 1.89. The number of hydrogen-bond donors (Lipinski definition) is 1. The van der Waals surface area contributed by atoms with Gasteiger partial charge in [0.05, 0.1) is 11.3 Å². The number of nitriles is 1. The summed E-state index contributed by atoms with van der Waals surface area (Å²) < 4.78 is 2.22. The summed E-state index contributed by atoms with van der Waals surface area (Å²) in [6.07, 6.45) is 7.68. The van der Waals surface area contributed by atoms with Gasteiger partial charge in [0, 0.05) is 17.3 Å². The van der Waals surface area contributed by atoms with Gasteiger partial charge >= 0.3 is 0 Å². The molecule has 4 rings (SSSR count). The Labute approximate surface area is 173 Å². The van der Waals surface area contributed by atoms with Crippen LogP contribution in [0.3, 0.4) is 0 Å². The van der Waals surface area contributed by atoms with Crippen molar-refractivity contribution in [3.63, 3.8) is 0 Å². The van der Waals surface area contributed by atoms with Crippen LogP contribution < -0.4 is 5.32 Å². The van der Waals surface area contributed by atoms with Gasteiger partial charge in [-0.05, 0) is 44.1 Å². The van der Waals surface area contributed by atoms with Crippen LogP contribution in [-0.2, 0) is 11.2 Å². The quantitative estimate of drug-likeness (QED) is 0.689. The summed E-state index contributed by atoms with van der Waals surface area (Å²) in [5, 5.41) is 24.0. The second-order valence-electron chi connectivity index (χ2n) is 7.76. The average molecular weight is 416 g/mol. The largest absolute Gasteiger partial charge is 0.337 e. The molecule has 0 bridgehead atoms. The average Bonchev–Trinajstić information content (AvgIpc) is 3.26. The number of carbonyl (C=O) groups is 1. The minimum Gasteiger partial charge on any atom is -0.337 e. The van der Waals surface area contributed by atoms with E-state index in [-0.39, 0.29) is 11.2 Å². The molecule has 1 N–H and O–H groups in total. The maximum absolute atomic E-state index is 12.8. The normalized spacial score (nSPS) is 19.7. The van der Waals surface area contributed by atoms with Gasteiger partial charge in [0.2, 0.25) is 5.91 Å². The smallest absolute Gasteiger partial charge is 0.234 e. The fourth-order valence-corrected chi connectivity index (χ4v) is 5.39. The minimum absolute atomic E-state index is 0.0846. The first-order valence-electron chi connectivity index (χ1n) is 9.96. The van der Waals surface area contributed by atoms with Gasteiger partial charge < -0.3 is 9.88 Å². The molecule has 2 fully saturated rings. The first-order valence-corrected chi connectivity index (χ1v) is 11.7. The lowest BCUT2D eigenvalue weighted by Crippen LogP contribution is -2.51. The summed E-state index contributed by atoms with van der Waals surface area (Å²) in [5.74, 6) is 0.888. The van der Waals surface area contributed by atoms with E-state index in [2.05, 4.69) is 43.7 Å². The van der Waals surface area contributed by atoms with Crippen LogP contribution in [-0.4, -0.2) is 31.5 Å². The minimum atomic E-state index is -0.696. The van der Waals surface area contributed by atoms with Crippen molar-refractivity contribution in [1.82, 2.24) is 20.1 Å². The van der Waals surface area contributed by atoms with Crippen molar-refractivity contribution >= 4 is 29.0 Å². The highest BCUT2D eigenvalue weighted by Gasteiger charge is 2.36. The molecule has 2 aromatic rings. The van der Waals surface area contributed by atoms with Crippen LogP contribution in [0, 0.1) is 11.3 Å². The third kappa shape index (κ3) is 4.26. The molecule has 0 radical (unpaired) electrons. The van der Waals surface area contributed by atoms with Gasteiger partial charge in [0.1, 0.15) is 11.4 Å². The zero-order chi connectivity index (χ0) is 19.6. The summed E-state index contributed by atoms with van der Waals surface area (Å²) in [4.78, 5) is 14.1. The number of nitrogens with one attached hydrogen (secondary N) is 1. The molecule has 2 saturated carbocycles. The van der Waals surface area contributed by atoms with Gasteiger partial charge in [-0.2, -0.15) is 5.26 Å². The zero-order valence-electron chi connectivity index (χ0n) is 16.1. The molecule has 1 amide bonds. The van der Waals surface area contributed by atoms with Gasteiger partial charge in [-0.15, -0.1) is 21.5 Å². The number of carbonyl (C=O) groups excluding carboxylic acids is 1. The number of aromatic nitrogens is 3. The molecule has 8 heteroatoms. The predicted molar refractivity (Wildman–Crippen MR) is 110 cm³/mol. The van der Waals surface area contributed by atoms with Crippen LogP contribution in [0.4, 0.5) is 0 Å². The van der Waals surface area contributed by atoms with Gasteiger partial charge in [-0.25, -0.2) is 0 Å². The molecule has 0 aromatic carbocycles. The van der Waals surface area contributed by atoms with Gasteiger partial charge in [0.15, 0.2) is 5.16 Å². The maximum Gasteiger partial charge on any atom is 0.234 e. The topological polar surface area (TPSA) is 83.6 Å². The van der Waals surface area contributed by atoms with E-state index in [1.165, 1.54) is 16.6 Å². The highest BCUT2D eigenvalue weighted by Crippen LogP contribution is 2.40. The summed E-state index contributed by atoms with van der Waals surface area (Å²) >= 11 is 3.17. The van der Waals surface area contributed by atoms with E-state index in [0.29, 0.717) is 6.04 Å². The van der Waals surface area contributed by atoms with Crippen LogP contribution in [0.15, 0.2) is 22.7 Å². The molecule has 0 saturated heterocycles. The van der Waals surface area contributed by atoms with Gasteiger partial charge in [0.25, 0.3) is 0 Å². The number of rotatable bonds is 7. The fourth-order valence-electron chi connectivity index (χ4n) is 3.75. The summed E-state index contributed by atoms with van der Waals surface area (Å²) in [7, 11) is 0. The van der Waals surface area contributed by atoms with E-state index in [1.807, 2.05) is 6.92 Å². The molecular weight excluding hydrogens is 390 g/mol. The van der Waals surface area contributed by atoms with Crippen molar-refractivity contribution < 1.29 is 4.79 Å². The molecule has 28 heavy (non-hydrogen) atoms. The third-order valence-electron chi connectivity index (χ3n) is 5.49. The Balaban J connectivity index is 1.45. The molecular formula is C20H25N5OS2. The van der Waals surface area contributed by atoms with E-state index in [9.17, 15) is 10.1 Å². The number of amides is 1. The second kappa shape index (κ2) is 8.26. The SMILES string of the molecule is CC(Sc1nnc(Cc2cccs2)n1C1CC1)C(=O)NC1(C#N)CCCCC1. The van der Waals surface area contributed by atoms with Crippen molar-refractivity contribution in [2.45, 2.75) is 80.3 Å². The molecule has 6 nitrogen and oxygen atoms in total. The van der Waals surface area contributed by atoms with Crippen LogP contribution in [0.5, 0.6) is 0 Å². The Morgan fingerprint density at radius 3 is 2.86 bits per heavy atom. The van der Waals surface area contributed by atoms with E-state index >= 15 is 0 Å². The Morgan fingerprint density at radius 2 is 2.21 bits per heavy atom. The standard InChI is InChI=1S/C20H25N5OS2/c1-14(18(26)22-20(13-21)9-3-2-4-10-20)28-19-24-23-17(25(19)15-7-8-15)12-16-6-5-11-27-16/h5-6,11,14-15H,2-4,7-10,12H2,1H3,(H,22,26). The van der Waals surface area contributed by atoms with E-state index in [1.54, 1.807) is 11.3 Å². The van der Waals surface area contributed by atoms with Gasteiger partial charge in [-0.3, -0.25) is 4.79 Å². The number of thiophene rings is 1. The monoisotopic (exact) mass is 415 g/mol. The molecule has 0 aliphatic heterocycles. The van der Waals surface area contributed by atoms with Crippen LogP contribution >= 0.6 is 23.1 Å². The molecule has 148 valence electrons. The first kappa shape index (κ1) is 19.5. The van der Waals surface area contributed by atoms with Crippen molar-refractivity contribution in [3.8, 4) is 6.07 Å². The molecule has 2 aliphatic rings. The van der Waals surface area contributed by atoms with Crippen molar-refractivity contribution in [2.75, 3.05) is 0 Å². The van der Waals surface area contributed by atoms with Crippen LogP contribution in [0.25, 0.3) is 0 Å². The van der Waals surface area contributed by atoms with Crippen LogP contribution in [0.1, 0.15) is 68.6 Å². The van der Waals surface area contributed by atoms with Crippen molar-refractivity contribution in [1.29, 1.82) is 5.26 Å². The molecule has 2 aliphatic carbocycles. The van der Waals surface area contributed by atoms with Gasteiger partial charge in [-0.1, -0.05) is 37.1 Å². The molecule has 1 atom stereocenters. The first-order chi connectivity index (χ1) is 13.6. The number of nitrogens with zero attached hydrogens (tertiary/aromatic N) is 4. The van der Waals surface area contributed by atoms with Crippen molar-refractivity contribution in [3.05, 3.63) is 28.2 Å². The lowest BCUT2D eigenvalue weighted by Gasteiger charge is -2.32. The summed E-state index contributed by atoms with van der Waals surface area (Å²) in [6, 6.07) is 6.98. The zero-order valence-corrected chi connectivity index (χ0v) is 17.7. The highest BCUT2D eigenvalue weighted by molar-refractivity contribution is 8.00. The Hall–Kier alpha value is -1.85. The van der Waals surface area contributed by atoms with E-state index in [4.69, 9.17) is 0 Å². The Bertz CT molecular complexity index is 860. The maximum atomic E-state index is 12.8. The third-order valence-corrected chi connectivity index (χ3v) is 7.43. The molecule has 2 heterocycles. The fraction of sp³-hybridized carbons (Fsp3) is 0.600. The lowest BCUT2D eigenvalue weighted by molar-refractivity contribution is -0.121. The molecule has 2 aromatic heterocycles. The van der Waals surface area contributed by atoms with Crippen molar-refractivity contribution in [2.24, 2.45) is 0 Å². The molecule has 1 unspecified atom stereocenters. The Morgan fingerprint density at radius 1 is 1.43 bits per heavy atom. The predicted octanol–water partition coefficient (Wildman–Crippen LogP) is 4.09.